The maximum atomic E-state index is 12.5. The zero-order valence-electron chi connectivity index (χ0n) is 10.7. The van der Waals surface area contributed by atoms with E-state index in [4.69, 9.17) is 10.5 Å². The van der Waals surface area contributed by atoms with Gasteiger partial charge in [0.05, 0.1) is 0 Å². The number of Topliss-reactive ketones (excluding diaryl/α,β-unsaturated/α-hetero) is 1. The van der Waals surface area contributed by atoms with E-state index in [0.717, 1.165) is 45.3 Å². The lowest BCUT2D eigenvalue weighted by atomic mass is 9.69. The Labute approximate surface area is 104 Å². The first kappa shape index (κ1) is 13.0. The summed E-state index contributed by atoms with van der Waals surface area (Å²) in [6, 6.07) is 0. The van der Waals surface area contributed by atoms with Gasteiger partial charge in [0.2, 0.25) is 0 Å². The first-order chi connectivity index (χ1) is 8.27. The zero-order valence-corrected chi connectivity index (χ0v) is 10.7. The first-order valence-electron chi connectivity index (χ1n) is 7.08. The zero-order chi connectivity index (χ0) is 12.1. The molecule has 1 aliphatic heterocycles. The molecule has 2 N–H and O–H groups in total. The fourth-order valence-corrected chi connectivity index (χ4v) is 3.25. The van der Waals surface area contributed by atoms with E-state index in [1.54, 1.807) is 0 Å². The molecule has 2 aliphatic rings. The van der Waals surface area contributed by atoms with Gasteiger partial charge >= 0.3 is 0 Å². The van der Waals surface area contributed by atoms with Gasteiger partial charge in [-0.1, -0.05) is 19.3 Å². The number of rotatable bonds is 4. The third kappa shape index (κ3) is 3.08. The van der Waals surface area contributed by atoms with Gasteiger partial charge in [-0.2, -0.15) is 0 Å². The quantitative estimate of drug-likeness (QED) is 0.819. The summed E-state index contributed by atoms with van der Waals surface area (Å²) in [6.45, 7) is 2.20. The number of ether oxygens (including phenoxy) is 1. The van der Waals surface area contributed by atoms with Crippen LogP contribution in [0.5, 0.6) is 0 Å². The summed E-state index contributed by atoms with van der Waals surface area (Å²) in [5, 5.41) is 0. The van der Waals surface area contributed by atoms with Crippen LogP contribution in [0.1, 0.15) is 51.4 Å². The van der Waals surface area contributed by atoms with Crippen molar-refractivity contribution < 1.29 is 9.53 Å². The molecule has 1 aliphatic carbocycles. The molecule has 3 heteroatoms. The van der Waals surface area contributed by atoms with E-state index in [2.05, 4.69) is 0 Å². The third-order valence-corrected chi connectivity index (χ3v) is 4.61. The molecule has 0 aromatic rings. The number of nitrogens with two attached hydrogens (primary N) is 1. The highest BCUT2D eigenvalue weighted by Gasteiger charge is 2.38. The summed E-state index contributed by atoms with van der Waals surface area (Å²) in [5.41, 5.74) is 5.73. The molecule has 1 saturated carbocycles. The molecule has 1 saturated heterocycles. The van der Waals surface area contributed by atoms with E-state index in [0.29, 0.717) is 18.2 Å². The number of hydrogen-bond donors (Lipinski definition) is 1. The lowest BCUT2D eigenvalue weighted by Crippen LogP contribution is -2.41. The maximum absolute atomic E-state index is 12.5. The summed E-state index contributed by atoms with van der Waals surface area (Å²) in [5.74, 6) is 0.980. The summed E-state index contributed by atoms with van der Waals surface area (Å²) in [7, 11) is 0. The number of ketones is 1. The van der Waals surface area contributed by atoms with Crippen molar-refractivity contribution in [2.45, 2.75) is 51.4 Å². The molecule has 2 rings (SSSR count). The van der Waals surface area contributed by atoms with E-state index in [1.165, 1.54) is 19.3 Å². The molecule has 0 unspecified atom stereocenters. The summed E-state index contributed by atoms with van der Waals surface area (Å²) in [4.78, 5) is 12.5. The van der Waals surface area contributed by atoms with Crippen LogP contribution in [0.25, 0.3) is 0 Å². The minimum absolute atomic E-state index is 0.170. The van der Waals surface area contributed by atoms with Gasteiger partial charge in [-0.15, -0.1) is 0 Å². The van der Waals surface area contributed by atoms with Crippen molar-refractivity contribution in [1.29, 1.82) is 0 Å². The lowest BCUT2D eigenvalue weighted by molar-refractivity contribution is -0.131. The fraction of sp³-hybridized carbons (Fsp3) is 0.929. The van der Waals surface area contributed by atoms with Crippen molar-refractivity contribution in [1.82, 2.24) is 0 Å². The second-order valence-electron chi connectivity index (χ2n) is 5.73. The van der Waals surface area contributed by atoms with Crippen LogP contribution in [-0.4, -0.2) is 25.5 Å². The monoisotopic (exact) mass is 239 g/mol. The maximum Gasteiger partial charge on any atom is 0.140 e. The first-order valence-corrected chi connectivity index (χ1v) is 7.08. The van der Waals surface area contributed by atoms with Crippen molar-refractivity contribution in [2.24, 2.45) is 17.1 Å². The molecular weight excluding hydrogens is 214 g/mol. The predicted molar refractivity (Wildman–Crippen MR) is 67.7 cm³/mol. The SMILES string of the molecule is NCC1(C(=O)CC2CCOCC2)CCCCC1. The van der Waals surface area contributed by atoms with Crippen LogP contribution < -0.4 is 5.73 Å². The Morgan fingerprint density at radius 1 is 1.18 bits per heavy atom. The predicted octanol–water partition coefficient (Wildman–Crippen LogP) is 2.28. The molecule has 98 valence electrons. The Balaban J connectivity index is 1.91. The topological polar surface area (TPSA) is 52.3 Å². The van der Waals surface area contributed by atoms with E-state index >= 15 is 0 Å². The second-order valence-corrected chi connectivity index (χ2v) is 5.73. The van der Waals surface area contributed by atoms with E-state index < -0.39 is 0 Å². The van der Waals surface area contributed by atoms with Crippen LogP contribution >= 0.6 is 0 Å². The van der Waals surface area contributed by atoms with E-state index in [9.17, 15) is 4.79 Å². The molecule has 0 spiro atoms. The van der Waals surface area contributed by atoms with Gasteiger partial charge in [-0.3, -0.25) is 4.79 Å². The van der Waals surface area contributed by atoms with Crippen LogP contribution in [0.3, 0.4) is 0 Å². The molecule has 0 amide bonds. The Morgan fingerprint density at radius 2 is 1.82 bits per heavy atom. The van der Waals surface area contributed by atoms with Crippen molar-refractivity contribution in [3.05, 3.63) is 0 Å². The number of carbonyl (C=O) groups is 1. The highest BCUT2D eigenvalue weighted by Crippen LogP contribution is 2.38. The third-order valence-electron chi connectivity index (χ3n) is 4.61. The van der Waals surface area contributed by atoms with Crippen molar-refractivity contribution in [3.8, 4) is 0 Å². The average molecular weight is 239 g/mol. The molecule has 2 fully saturated rings. The van der Waals surface area contributed by atoms with Gasteiger partial charge < -0.3 is 10.5 Å². The van der Waals surface area contributed by atoms with E-state index in [-0.39, 0.29) is 5.41 Å². The molecule has 3 nitrogen and oxygen atoms in total. The van der Waals surface area contributed by atoms with Crippen LogP contribution in [0.2, 0.25) is 0 Å². The summed E-state index contributed by atoms with van der Waals surface area (Å²) in [6.07, 6.45) is 8.50. The summed E-state index contributed by atoms with van der Waals surface area (Å²) < 4.78 is 5.34. The number of carbonyl (C=O) groups excluding carboxylic acids is 1. The molecule has 1 heterocycles. The van der Waals surface area contributed by atoms with Gasteiger partial charge in [-0.05, 0) is 31.6 Å². The largest absolute Gasteiger partial charge is 0.381 e. The average Bonchev–Trinajstić information content (AvgIpc) is 2.40. The van der Waals surface area contributed by atoms with Gasteiger partial charge in [0.15, 0.2) is 0 Å². The standard InChI is InChI=1S/C14H25NO2/c15-11-14(6-2-1-3-7-14)13(16)10-12-4-8-17-9-5-12/h12H,1-11,15H2. The fourth-order valence-electron chi connectivity index (χ4n) is 3.25. The number of hydrogen-bond acceptors (Lipinski definition) is 3. The molecule has 17 heavy (non-hydrogen) atoms. The van der Waals surface area contributed by atoms with Gasteiger partial charge in [0, 0.05) is 31.6 Å². The Bertz CT molecular complexity index is 253. The smallest absolute Gasteiger partial charge is 0.140 e. The minimum Gasteiger partial charge on any atom is -0.381 e. The van der Waals surface area contributed by atoms with Gasteiger partial charge in [-0.25, -0.2) is 0 Å². The Hall–Kier alpha value is -0.410. The Morgan fingerprint density at radius 3 is 2.41 bits per heavy atom. The van der Waals surface area contributed by atoms with Crippen molar-refractivity contribution >= 4 is 5.78 Å². The normalized spacial score (nSPS) is 25.7. The molecular formula is C14H25NO2. The molecule has 0 radical (unpaired) electrons. The van der Waals surface area contributed by atoms with Crippen LogP contribution in [0.4, 0.5) is 0 Å². The summed E-state index contributed by atoms with van der Waals surface area (Å²) >= 11 is 0. The van der Waals surface area contributed by atoms with Crippen molar-refractivity contribution in [3.63, 3.8) is 0 Å². The van der Waals surface area contributed by atoms with E-state index in [1.807, 2.05) is 0 Å². The molecule has 0 atom stereocenters. The van der Waals surface area contributed by atoms with Crippen LogP contribution in [0.15, 0.2) is 0 Å². The Kier molecular flexibility index (Phi) is 4.57. The highest BCUT2D eigenvalue weighted by atomic mass is 16.5. The molecule has 0 aromatic heterocycles. The minimum atomic E-state index is -0.170. The van der Waals surface area contributed by atoms with Crippen LogP contribution in [-0.2, 0) is 9.53 Å². The second kappa shape index (κ2) is 5.96. The van der Waals surface area contributed by atoms with Gasteiger partial charge in [0.25, 0.3) is 0 Å². The van der Waals surface area contributed by atoms with Crippen LogP contribution in [0, 0.1) is 11.3 Å². The molecule has 0 bridgehead atoms. The lowest BCUT2D eigenvalue weighted by Gasteiger charge is -2.36. The highest BCUT2D eigenvalue weighted by molar-refractivity contribution is 5.85. The van der Waals surface area contributed by atoms with Gasteiger partial charge in [0.1, 0.15) is 5.78 Å². The van der Waals surface area contributed by atoms with Crippen molar-refractivity contribution in [2.75, 3.05) is 19.8 Å². The molecule has 0 aromatic carbocycles.